The van der Waals surface area contributed by atoms with Crippen molar-refractivity contribution in [3.63, 3.8) is 0 Å². The van der Waals surface area contributed by atoms with Crippen LogP contribution in [-0.2, 0) is 0 Å². The van der Waals surface area contributed by atoms with E-state index in [0.29, 0.717) is 5.56 Å². The van der Waals surface area contributed by atoms with E-state index >= 15 is 0 Å². The van der Waals surface area contributed by atoms with Crippen molar-refractivity contribution in [2.24, 2.45) is 0 Å². The van der Waals surface area contributed by atoms with Crippen molar-refractivity contribution in [3.8, 4) is 0 Å². The summed E-state index contributed by atoms with van der Waals surface area (Å²) >= 11 is 7.41. The van der Waals surface area contributed by atoms with Crippen LogP contribution in [0.1, 0.15) is 15.9 Å². The second-order valence-corrected chi connectivity index (χ2v) is 3.76. The third-order valence-electron chi connectivity index (χ3n) is 1.34. The third kappa shape index (κ3) is 2.17. The highest BCUT2D eigenvalue weighted by Crippen LogP contribution is 2.15. The Kier molecular flexibility index (Phi) is 2.90. The van der Waals surface area contributed by atoms with Crippen LogP contribution in [0.2, 0.25) is 0 Å². The Labute approximate surface area is 83.9 Å². The summed E-state index contributed by atoms with van der Waals surface area (Å²) in [5, 5.41) is -0.394. The molecular formula is C8H6ClIO. The van der Waals surface area contributed by atoms with Crippen molar-refractivity contribution >= 4 is 39.4 Å². The Morgan fingerprint density at radius 1 is 1.55 bits per heavy atom. The Morgan fingerprint density at radius 2 is 2.18 bits per heavy atom. The largest absolute Gasteiger partial charge is 0.276 e. The minimum Gasteiger partial charge on any atom is -0.276 e. The van der Waals surface area contributed by atoms with Crippen molar-refractivity contribution in [2.75, 3.05) is 0 Å². The number of hydrogen-bond donors (Lipinski definition) is 0. The zero-order chi connectivity index (χ0) is 8.43. The van der Waals surface area contributed by atoms with Crippen molar-refractivity contribution in [3.05, 3.63) is 32.9 Å². The summed E-state index contributed by atoms with van der Waals surface area (Å²) in [5.74, 6) is 0. The van der Waals surface area contributed by atoms with Gasteiger partial charge in [0.25, 0.3) is 5.24 Å². The van der Waals surface area contributed by atoms with Gasteiger partial charge in [-0.15, -0.1) is 0 Å². The van der Waals surface area contributed by atoms with Gasteiger partial charge in [-0.1, -0.05) is 11.6 Å². The summed E-state index contributed by atoms with van der Waals surface area (Å²) in [6.45, 7) is 1.98. The first-order chi connectivity index (χ1) is 5.11. The lowest BCUT2D eigenvalue weighted by molar-refractivity contribution is 0.108. The number of hydrogen-bond acceptors (Lipinski definition) is 1. The minimum absolute atomic E-state index is 0.394. The summed E-state index contributed by atoms with van der Waals surface area (Å²) < 4.78 is 0.905. The van der Waals surface area contributed by atoms with Crippen molar-refractivity contribution in [1.29, 1.82) is 0 Å². The second kappa shape index (κ2) is 3.54. The number of halogens is 2. The zero-order valence-corrected chi connectivity index (χ0v) is 8.81. The molecule has 0 aliphatic carbocycles. The van der Waals surface area contributed by atoms with Crippen LogP contribution in [0.5, 0.6) is 0 Å². The Morgan fingerprint density at radius 3 is 2.64 bits per heavy atom. The van der Waals surface area contributed by atoms with Crippen LogP contribution in [0.15, 0.2) is 18.2 Å². The van der Waals surface area contributed by atoms with Gasteiger partial charge in [-0.05, 0) is 53.2 Å². The predicted octanol–water partition coefficient (Wildman–Crippen LogP) is 2.98. The lowest BCUT2D eigenvalue weighted by Crippen LogP contribution is -1.92. The molecule has 0 heterocycles. The van der Waals surface area contributed by atoms with Gasteiger partial charge in [-0.3, -0.25) is 4.79 Å². The molecule has 0 aromatic heterocycles. The van der Waals surface area contributed by atoms with E-state index in [0.717, 1.165) is 9.13 Å². The summed E-state index contributed by atoms with van der Waals surface area (Å²) in [4.78, 5) is 10.7. The van der Waals surface area contributed by atoms with E-state index in [-0.39, 0.29) is 0 Å². The van der Waals surface area contributed by atoms with Gasteiger partial charge in [0.15, 0.2) is 0 Å². The Bertz CT molecular complexity index is 296. The summed E-state index contributed by atoms with van der Waals surface area (Å²) in [6.07, 6.45) is 0. The predicted molar refractivity (Wildman–Crippen MR) is 54.1 cm³/mol. The van der Waals surface area contributed by atoms with E-state index < -0.39 is 5.24 Å². The molecule has 0 bridgehead atoms. The number of carbonyl (C=O) groups is 1. The number of aryl methyl sites for hydroxylation is 1. The molecule has 1 nitrogen and oxygen atoms in total. The van der Waals surface area contributed by atoms with E-state index in [1.807, 2.05) is 19.1 Å². The lowest BCUT2D eigenvalue weighted by Gasteiger charge is -1.98. The quantitative estimate of drug-likeness (QED) is 0.571. The van der Waals surface area contributed by atoms with Crippen molar-refractivity contribution < 1.29 is 4.79 Å². The third-order valence-corrected chi connectivity index (χ3v) is 2.43. The maximum absolute atomic E-state index is 10.7. The molecule has 0 fully saturated rings. The molecule has 0 saturated heterocycles. The highest BCUT2D eigenvalue weighted by Gasteiger charge is 2.05. The maximum atomic E-state index is 10.7. The molecule has 0 radical (unpaired) electrons. The Hall–Kier alpha value is -0.0900. The smallest absolute Gasteiger partial charge is 0.253 e. The van der Waals surface area contributed by atoms with Gasteiger partial charge in [0, 0.05) is 9.13 Å². The molecule has 0 unspecified atom stereocenters. The lowest BCUT2D eigenvalue weighted by atomic mass is 10.2. The molecule has 0 N–H and O–H groups in total. The van der Waals surface area contributed by atoms with Crippen LogP contribution in [0.25, 0.3) is 0 Å². The van der Waals surface area contributed by atoms with Crippen LogP contribution < -0.4 is 0 Å². The molecule has 0 spiro atoms. The molecule has 1 aromatic carbocycles. The van der Waals surface area contributed by atoms with Gasteiger partial charge in [0.2, 0.25) is 0 Å². The monoisotopic (exact) mass is 280 g/mol. The van der Waals surface area contributed by atoms with Gasteiger partial charge in [-0.2, -0.15) is 0 Å². The fourth-order valence-corrected chi connectivity index (χ4v) is 2.02. The molecule has 1 aromatic rings. The fraction of sp³-hybridized carbons (Fsp3) is 0.125. The van der Waals surface area contributed by atoms with Crippen LogP contribution in [0.4, 0.5) is 0 Å². The molecule has 11 heavy (non-hydrogen) atoms. The summed E-state index contributed by atoms with van der Waals surface area (Å²) in [6, 6.07) is 5.54. The van der Waals surface area contributed by atoms with Crippen LogP contribution in [0.3, 0.4) is 0 Å². The van der Waals surface area contributed by atoms with Crippen molar-refractivity contribution in [1.82, 2.24) is 0 Å². The van der Waals surface area contributed by atoms with E-state index in [9.17, 15) is 4.79 Å². The van der Waals surface area contributed by atoms with Gasteiger partial charge in [0.1, 0.15) is 0 Å². The van der Waals surface area contributed by atoms with E-state index in [2.05, 4.69) is 22.6 Å². The number of benzene rings is 1. The topological polar surface area (TPSA) is 17.1 Å². The zero-order valence-electron chi connectivity index (χ0n) is 5.90. The average Bonchev–Trinajstić information content (AvgIpc) is 1.85. The molecule has 1 rings (SSSR count). The first-order valence-corrected chi connectivity index (χ1v) is 4.53. The highest BCUT2D eigenvalue weighted by atomic mass is 127. The first kappa shape index (κ1) is 9.00. The molecule has 0 aliphatic heterocycles. The van der Waals surface area contributed by atoms with E-state index in [4.69, 9.17) is 11.6 Å². The summed E-state index contributed by atoms with van der Waals surface area (Å²) in [5.41, 5.74) is 1.72. The standard InChI is InChI=1S/C8H6ClIO/c1-5-2-3-6(8(9)11)7(10)4-5/h2-4H,1H3. The van der Waals surface area contributed by atoms with Crippen LogP contribution in [-0.4, -0.2) is 5.24 Å². The summed E-state index contributed by atoms with van der Waals surface area (Å²) in [7, 11) is 0. The fourth-order valence-electron chi connectivity index (χ4n) is 0.780. The second-order valence-electron chi connectivity index (χ2n) is 2.26. The molecule has 0 amide bonds. The molecular weight excluding hydrogens is 274 g/mol. The van der Waals surface area contributed by atoms with Gasteiger partial charge in [0.05, 0.1) is 0 Å². The number of carbonyl (C=O) groups excluding carboxylic acids is 1. The Balaban J connectivity index is 3.20. The maximum Gasteiger partial charge on any atom is 0.253 e. The molecule has 3 heteroatoms. The average molecular weight is 280 g/mol. The van der Waals surface area contributed by atoms with Gasteiger partial charge < -0.3 is 0 Å². The highest BCUT2D eigenvalue weighted by molar-refractivity contribution is 14.1. The normalized spacial score (nSPS) is 9.73. The molecule has 58 valence electrons. The van der Waals surface area contributed by atoms with E-state index in [1.165, 1.54) is 0 Å². The van der Waals surface area contributed by atoms with Crippen LogP contribution >= 0.6 is 34.2 Å². The SMILES string of the molecule is Cc1ccc(C(=O)Cl)c(I)c1. The van der Waals surface area contributed by atoms with Crippen molar-refractivity contribution in [2.45, 2.75) is 6.92 Å². The first-order valence-electron chi connectivity index (χ1n) is 3.07. The van der Waals surface area contributed by atoms with Gasteiger partial charge >= 0.3 is 0 Å². The molecule has 0 aliphatic rings. The van der Waals surface area contributed by atoms with Gasteiger partial charge in [-0.25, -0.2) is 0 Å². The number of rotatable bonds is 1. The molecule has 0 saturated carbocycles. The minimum atomic E-state index is -0.394. The van der Waals surface area contributed by atoms with E-state index in [1.54, 1.807) is 6.07 Å². The van der Waals surface area contributed by atoms with Crippen LogP contribution in [0, 0.1) is 10.5 Å². The molecule has 0 atom stereocenters.